The highest BCUT2D eigenvalue weighted by atomic mass is 35.5. The molecule has 1 heterocycles. The van der Waals surface area contributed by atoms with Crippen LogP contribution >= 0.6 is 11.6 Å². The van der Waals surface area contributed by atoms with Crippen molar-refractivity contribution in [1.29, 1.82) is 0 Å². The third-order valence-corrected chi connectivity index (χ3v) is 3.90. The van der Waals surface area contributed by atoms with Gasteiger partial charge in [-0.2, -0.15) is 0 Å². The highest BCUT2D eigenvalue weighted by Gasteiger charge is 2.27. The molecule has 3 nitrogen and oxygen atoms in total. The maximum absolute atomic E-state index is 9.68. The van der Waals surface area contributed by atoms with Crippen molar-refractivity contribution in [3.05, 3.63) is 28.8 Å². The molecule has 0 spiro atoms. The molecule has 0 amide bonds. The zero-order valence-electron chi connectivity index (χ0n) is 11.0. The number of nitrogens with zero attached hydrogens (tertiary/aromatic N) is 1. The van der Waals surface area contributed by atoms with E-state index in [0.717, 1.165) is 31.1 Å². The fourth-order valence-electron chi connectivity index (χ4n) is 2.57. The van der Waals surface area contributed by atoms with Crippen LogP contribution in [0.1, 0.15) is 18.9 Å². The number of aliphatic hydroxyl groups is 1. The van der Waals surface area contributed by atoms with Gasteiger partial charge in [-0.1, -0.05) is 17.7 Å². The quantitative estimate of drug-likeness (QED) is 0.879. The van der Waals surface area contributed by atoms with E-state index in [-0.39, 0.29) is 6.10 Å². The van der Waals surface area contributed by atoms with E-state index in [9.17, 15) is 5.11 Å². The first-order valence-corrected chi connectivity index (χ1v) is 6.85. The Kier molecular flexibility index (Phi) is 4.49. The van der Waals surface area contributed by atoms with Gasteiger partial charge in [-0.05, 0) is 38.1 Å². The Balaban J connectivity index is 2.19. The topological polar surface area (TPSA) is 35.5 Å². The molecule has 1 aliphatic heterocycles. The normalized spacial score (nSPS) is 21.3. The van der Waals surface area contributed by atoms with Crippen LogP contribution in [0.25, 0.3) is 0 Å². The Morgan fingerprint density at radius 1 is 1.56 bits per heavy atom. The molecule has 2 unspecified atom stereocenters. The van der Waals surface area contributed by atoms with E-state index in [1.54, 1.807) is 0 Å². The minimum Gasteiger partial charge on any atom is -0.393 e. The number of halogens is 1. The van der Waals surface area contributed by atoms with Gasteiger partial charge in [0.2, 0.25) is 0 Å². The standard InChI is InChI=1S/C14H21ClN2O/c1-10(18)12-5-6-17(9-12)14-7-13(15)4-3-11(14)8-16-2/h3-4,7,10,12,16,18H,5-6,8-9H2,1-2H3. The summed E-state index contributed by atoms with van der Waals surface area (Å²) in [6, 6.07) is 6.03. The van der Waals surface area contributed by atoms with E-state index in [4.69, 9.17) is 11.6 Å². The Morgan fingerprint density at radius 3 is 2.94 bits per heavy atom. The average molecular weight is 269 g/mol. The third kappa shape index (κ3) is 2.97. The van der Waals surface area contributed by atoms with Crippen molar-refractivity contribution >= 4 is 17.3 Å². The van der Waals surface area contributed by atoms with Gasteiger partial charge >= 0.3 is 0 Å². The van der Waals surface area contributed by atoms with Crippen LogP contribution in [-0.4, -0.2) is 31.3 Å². The largest absolute Gasteiger partial charge is 0.393 e. The second-order valence-electron chi connectivity index (χ2n) is 5.04. The second-order valence-corrected chi connectivity index (χ2v) is 5.48. The van der Waals surface area contributed by atoms with Crippen LogP contribution in [0.15, 0.2) is 18.2 Å². The van der Waals surface area contributed by atoms with Crippen molar-refractivity contribution in [3.8, 4) is 0 Å². The lowest BCUT2D eigenvalue weighted by Crippen LogP contribution is -2.25. The maximum Gasteiger partial charge on any atom is 0.0557 e. The minimum atomic E-state index is -0.234. The molecule has 0 bridgehead atoms. The van der Waals surface area contributed by atoms with Crippen molar-refractivity contribution < 1.29 is 5.11 Å². The lowest BCUT2D eigenvalue weighted by molar-refractivity contribution is 0.136. The molecule has 1 fully saturated rings. The molecular formula is C14H21ClN2O. The fraction of sp³-hybridized carbons (Fsp3) is 0.571. The molecule has 18 heavy (non-hydrogen) atoms. The van der Waals surface area contributed by atoms with Crippen LogP contribution in [0.4, 0.5) is 5.69 Å². The summed E-state index contributed by atoms with van der Waals surface area (Å²) in [7, 11) is 1.95. The van der Waals surface area contributed by atoms with Crippen molar-refractivity contribution in [2.75, 3.05) is 25.0 Å². The van der Waals surface area contributed by atoms with Gasteiger partial charge in [0.1, 0.15) is 0 Å². The first-order chi connectivity index (χ1) is 8.61. The lowest BCUT2D eigenvalue weighted by Gasteiger charge is -2.23. The molecule has 2 N–H and O–H groups in total. The number of anilines is 1. The lowest BCUT2D eigenvalue weighted by atomic mass is 10.0. The number of hydrogen-bond donors (Lipinski definition) is 2. The highest BCUT2D eigenvalue weighted by Crippen LogP contribution is 2.30. The third-order valence-electron chi connectivity index (χ3n) is 3.66. The van der Waals surface area contributed by atoms with Crippen LogP contribution in [0.3, 0.4) is 0 Å². The molecule has 0 saturated carbocycles. The Labute approximate surface area is 114 Å². The van der Waals surface area contributed by atoms with Gasteiger partial charge in [0.25, 0.3) is 0 Å². The Bertz CT molecular complexity index is 409. The van der Waals surface area contributed by atoms with Crippen LogP contribution in [0.5, 0.6) is 0 Å². The number of benzene rings is 1. The van der Waals surface area contributed by atoms with Gasteiger partial charge < -0.3 is 15.3 Å². The minimum absolute atomic E-state index is 0.234. The molecule has 0 aromatic heterocycles. The van der Waals surface area contributed by atoms with Crippen molar-refractivity contribution in [2.45, 2.75) is 26.0 Å². The number of rotatable bonds is 4. The molecule has 4 heteroatoms. The molecule has 2 atom stereocenters. The van der Waals surface area contributed by atoms with Crippen LogP contribution in [0.2, 0.25) is 5.02 Å². The van der Waals surface area contributed by atoms with E-state index >= 15 is 0 Å². The summed E-state index contributed by atoms with van der Waals surface area (Å²) in [5.74, 6) is 0.367. The first-order valence-electron chi connectivity index (χ1n) is 6.48. The van der Waals surface area contributed by atoms with Crippen LogP contribution in [0, 0.1) is 5.92 Å². The first kappa shape index (κ1) is 13.7. The Hall–Kier alpha value is -0.770. The van der Waals surface area contributed by atoms with Gasteiger partial charge in [0.05, 0.1) is 6.10 Å². The summed E-state index contributed by atoms with van der Waals surface area (Å²) in [6.45, 7) is 4.62. The molecule has 100 valence electrons. The SMILES string of the molecule is CNCc1ccc(Cl)cc1N1CCC(C(C)O)C1. The zero-order chi connectivity index (χ0) is 13.1. The van der Waals surface area contributed by atoms with E-state index in [1.807, 2.05) is 26.1 Å². The van der Waals surface area contributed by atoms with Gasteiger partial charge in [-0.25, -0.2) is 0 Å². The van der Waals surface area contributed by atoms with Crippen molar-refractivity contribution in [2.24, 2.45) is 5.92 Å². The number of nitrogens with one attached hydrogen (secondary N) is 1. The van der Waals surface area contributed by atoms with Gasteiger partial charge in [0, 0.05) is 36.3 Å². The van der Waals surface area contributed by atoms with Gasteiger partial charge in [0.15, 0.2) is 0 Å². The molecule has 1 aliphatic rings. The monoisotopic (exact) mass is 268 g/mol. The summed E-state index contributed by atoms with van der Waals surface area (Å²) in [4.78, 5) is 2.33. The summed E-state index contributed by atoms with van der Waals surface area (Å²) in [5.41, 5.74) is 2.45. The molecular weight excluding hydrogens is 248 g/mol. The number of hydrogen-bond acceptors (Lipinski definition) is 3. The summed E-state index contributed by atoms with van der Waals surface area (Å²) < 4.78 is 0. The van der Waals surface area contributed by atoms with Gasteiger partial charge in [-0.15, -0.1) is 0 Å². The van der Waals surface area contributed by atoms with E-state index < -0.39 is 0 Å². The predicted molar refractivity (Wildman–Crippen MR) is 76.2 cm³/mol. The van der Waals surface area contributed by atoms with E-state index in [2.05, 4.69) is 16.3 Å². The molecule has 0 radical (unpaired) electrons. The molecule has 1 aromatic carbocycles. The van der Waals surface area contributed by atoms with Crippen LogP contribution in [-0.2, 0) is 6.54 Å². The van der Waals surface area contributed by atoms with Crippen LogP contribution < -0.4 is 10.2 Å². The molecule has 0 aliphatic carbocycles. The maximum atomic E-state index is 9.68. The average Bonchev–Trinajstić information content (AvgIpc) is 2.81. The van der Waals surface area contributed by atoms with E-state index in [1.165, 1.54) is 11.3 Å². The number of aliphatic hydroxyl groups excluding tert-OH is 1. The summed E-state index contributed by atoms with van der Waals surface area (Å²) in [6.07, 6.45) is 0.810. The zero-order valence-corrected chi connectivity index (χ0v) is 11.7. The second kappa shape index (κ2) is 5.91. The Morgan fingerprint density at radius 2 is 2.33 bits per heavy atom. The predicted octanol–water partition coefficient (Wildman–Crippen LogP) is 2.27. The summed E-state index contributed by atoms with van der Waals surface area (Å²) >= 11 is 6.10. The smallest absolute Gasteiger partial charge is 0.0557 e. The van der Waals surface area contributed by atoms with Crippen molar-refractivity contribution in [1.82, 2.24) is 5.32 Å². The van der Waals surface area contributed by atoms with E-state index in [0.29, 0.717) is 5.92 Å². The summed E-state index contributed by atoms with van der Waals surface area (Å²) in [5, 5.41) is 13.6. The van der Waals surface area contributed by atoms with Crippen molar-refractivity contribution in [3.63, 3.8) is 0 Å². The van der Waals surface area contributed by atoms with Gasteiger partial charge in [-0.3, -0.25) is 0 Å². The molecule has 2 rings (SSSR count). The molecule has 1 saturated heterocycles. The molecule has 1 aromatic rings. The fourth-order valence-corrected chi connectivity index (χ4v) is 2.74. The highest BCUT2D eigenvalue weighted by molar-refractivity contribution is 6.30.